The average molecular weight is 457 g/mol. The van der Waals surface area contributed by atoms with Gasteiger partial charge in [-0.3, -0.25) is 0 Å². The van der Waals surface area contributed by atoms with E-state index >= 15 is 0 Å². The number of hydrogen-bond donors (Lipinski definition) is 2. The summed E-state index contributed by atoms with van der Waals surface area (Å²) in [7, 11) is 0. The second-order valence-electron chi connectivity index (χ2n) is 7.42. The molecule has 3 aromatic rings. The smallest absolute Gasteiger partial charge is 0.337 e. The van der Waals surface area contributed by atoms with Gasteiger partial charge >= 0.3 is 5.97 Å². The Morgan fingerprint density at radius 1 is 1.03 bits per heavy atom. The molecule has 0 amide bonds. The summed E-state index contributed by atoms with van der Waals surface area (Å²) in [6, 6.07) is 16.7. The van der Waals surface area contributed by atoms with Crippen LogP contribution in [0.3, 0.4) is 0 Å². The van der Waals surface area contributed by atoms with E-state index < -0.39 is 5.97 Å². The second kappa shape index (κ2) is 9.08. The summed E-state index contributed by atoms with van der Waals surface area (Å²) in [4.78, 5) is 13.9. The highest BCUT2D eigenvalue weighted by Crippen LogP contribution is 2.34. The van der Waals surface area contributed by atoms with E-state index in [-0.39, 0.29) is 5.56 Å². The van der Waals surface area contributed by atoms with Crippen molar-refractivity contribution in [3.8, 4) is 5.75 Å². The minimum Gasteiger partial charge on any atom is -0.494 e. The first-order chi connectivity index (χ1) is 14.9. The third kappa shape index (κ3) is 4.73. The van der Waals surface area contributed by atoms with E-state index in [0.717, 1.165) is 30.9 Å². The van der Waals surface area contributed by atoms with E-state index in [1.54, 1.807) is 24.3 Å². The summed E-state index contributed by atoms with van der Waals surface area (Å²) in [5.74, 6) is -0.349. The molecule has 0 atom stereocenters. The predicted octanol–water partition coefficient (Wildman–Crippen LogP) is 6.74. The van der Waals surface area contributed by atoms with E-state index in [1.165, 1.54) is 11.1 Å². The number of rotatable bonds is 7. The normalized spacial score (nSPS) is 12.5. The number of carbonyl (C=O) groups is 1. The highest BCUT2D eigenvalue weighted by atomic mass is 35.5. The zero-order chi connectivity index (χ0) is 22.0. The molecule has 5 nitrogen and oxygen atoms in total. The molecule has 0 bridgehead atoms. The average Bonchev–Trinajstić information content (AvgIpc) is 3.17. The first kappa shape index (κ1) is 21.3. The van der Waals surface area contributed by atoms with Gasteiger partial charge < -0.3 is 20.1 Å². The van der Waals surface area contributed by atoms with Gasteiger partial charge in [0, 0.05) is 30.5 Å². The number of ether oxygens (including phenoxy) is 1. The second-order valence-corrected chi connectivity index (χ2v) is 8.24. The van der Waals surface area contributed by atoms with E-state index in [0.29, 0.717) is 28.1 Å². The fourth-order valence-corrected chi connectivity index (χ4v) is 3.91. The molecule has 160 valence electrons. The molecule has 0 unspecified atom stereocenters. The first-order valence-corrected chi connectivity index (χ1v) is 10.8. The maximum absolute atomic E-state index is 11.7. The summed E-state index contributed by atoms with van der Waals surface area (Å²) in [6.07, 6.45) is 0.879. The number of halogens is 2. The molecule has 3 aromatic carbocycles. The summed E-state index contributed by atoms with van der Waals surface area (Å²) >= 11 is 12.2. The van der Waals surface area contributed by atoms with Crippen molar-refractivity contribution in [3.05, 3.63) is 81.3 Å². The summed E-state index contributed by atoms with van der Waals surface area (Å²) in [5.41, 5.74) is 4.92. The minimum absolute atomic E-state index is 0.196. The lowest BCUT2D eigenvalue weighted by molar-refractivity contribution is 0.0698. The van der Waals surface area contributed by atoms with Gasteiger partial charge in [-0.1, -0.05) is 36.2 Å². The number of benzene rings is 3. The van der Waals surface area contributed by atoms with Gasteiger partial charge in [-0.05, 0) is 60.0 Å². The van der Waals surface area contributed by atoms with E-state index in [1.807, 2.05) is 25.1 Å². The Labute approximate surface area is 191 Å². The fourth-order valence-electron chi connectivity index (χ4n) is 3.62. The topological polar surface area (TPSA) is 61.8 Å². The predicted molar refractivity (Wildman–Crippen MR) is 125 cm³/mol. The molecule has 2 N–H and O–H groups in total. The van der Waals surface area contributed by atoms with E-state index in [4.69, 9.17) is 27.9 Å². The molecular weight excluding hydrogens is 435 g/mol. The van der Waals surface area contributed by atoms with Gasteiger partial charge in [0.25, 0.3) is 0 Å². The van der Waals surface area contributed by atoms with Crippen LogP contribution in [-0.4, -0.2) is 17.7 Å². The Morgan fingerprint density at radius 2 is 1.84 bits per heavy atom. The highest BCUT2D eigenvalue weighted by molar-refractivity contribution is 6.42. The zero-order valence-corrected chi connectivity index (χ0v) is 18.5. The lowest BCUT2D eigenvalue weighted by atomic mass is 10.1. The Hall–Kier alpha value is -2.89. The van der Waals surface area contributed by atoms with Crippen LogP contribution in [-0.2, 0) is 13.1 Å². The van der Waals surface area contributed by atoms with Gasteiger partial charge in [0.15, 0.2) is 0 Å². The number of carboxylic acid groups (broad SMARTS) is 1. The van der Waals surface area contributed by atoms with Crippen LogP contribution in [0.25, 0.3) is 0 Å². The molecule has 0 saturated heterocycles. The Morgan fingerprint density at radius 3 is 2.58 bits per heavy atom. The van der Waals surface area contributed by atoms with Gasteiger partial charge in [0.2, 0.25) is 0 Å². The van der Waals surface area contributed by atoms with E-state index in [2.05, 4.69) is 22.3 Å². The van der Waals surface area contributed by atoms with Crippen LogP contribution >= 0.6 is 23.2 Å². The van der Waals surface area contributed by atoms with E-state index in [9.17, 15) is 9.90 Å². The molecule has 1 aliphatic heterocycles. The largest absolute Gasteiger partial charge is 0.494 e. The van der Waals surface area contributed by atoms with Crippen LogP contribution < -0.4 is 15.0 Å². The summed E-state index contributed by atoms with van der Waals surface area (Å²) in [5, 5.41) is 13.9. The van der Waals surface area contributed by atoms with Crippen molar-refractivity contribution in [1.29, 1.82) is 0 Å². The molecule has 0 fully saturated rings. The molecule has 4 rings (SSSR count). The molecule has 1 aliphatic rings. The molecule has 1 heterocycles. The molecule has 0 aromatic heterocycles. The fraction of sp³-hybridized carbons (Fsp3) is 0.208. The molecule has 7 heteroatoms. The standard InChI is InChI=1S/C24H22Cl2N2O3/c1-2-9-31-19-6-7-20(24(29)30)23(12-19)27-17-4-3-15-13-28(14-16(15)10-17)18-5-8-21(25)22(26)11-18/h3-8,10-12,27H,2,9,13-14H2,1H3,(H,29,30). The third-order valence-electron chi connectivity index (χ3n) is 5.17. The molecule has 0 radical (unpaired) electrons. The van der Waals surface area contributed by atoms with Gasteiger partial charge in [-0.15, -0.1) is 0 Å². The molecule has 31 heavy (non-hydrogen) atoms. The van der Waals surface area contributed by atoms with Crippen molar-refractivity contribution < 1.29 is 14.6 Å². The third-order valence-corrected chi connectivity index (χ3v) is 5.91. The number of fused-ring (bicyclic) bond motifs is 1. The van der Waals surface area contributed by atoms with Crippen LogP contribution in [0.1, 0.15) is 34.8 Å². The lowest BCUT2D eigenvalue weighted by Gasteiger charge is -2.18. The van der Waals surface area contributed by atoms with Crippen molar-refractivity contribution in [3.63, 3.8) is 0 Å². The van der Waals surface area contributed by atoms with Crippen molar-refractivity contribution in [1.82, 2.24) is 0 Å². The van der Waals surface area contributed by atoms with Crippen molar-refractivity contribution in [2.45, 2.75) is 26.4 Å². The van der Waals surface area contributed by atoms with Crippen molar-refractivity contribution in [2.24, 2.45) is 0 Å². The summed E-state index contributed by atoms with van der Waals surface area (Å²) < 4.78 is 5.66. The number of nitrogens with one attached hydrogen (secondary N) is 1. The Kier molecular flexibility index (Phi) is 6.25. The highest BCUT2D eigenvalue weighted by Gasteiger charge is 2.21. The van der Waals surface area contributed by atoms with Gasteiger partial charge in [-0.25, -0.2) is 4.79 Å². The Bertz CT molecular complexity index is 1130. The van der Waals surface area contributed by atoms with Crippen LogP contribution in [0.4, 0.5) is 17.1 Å². The first-order valence-electron chi connectivity index (χ1n) is 10.0. The van der Waals surface area contributed by atoms with Gasteiger partial charge in [-0.2, -0.15) is 0 Å². The van der Waals surface area contributed by atoms with Gasteiger partial charge in [0.1, 0.15) is 5.75 Å². The number of carboxylic acids is 1. The quantitative estimate of drug-likeness (QED) is 0.411. The SMILES string of the molecule is CCCOc1ccc(C(=O)O)c(Nc2ccc3c(c2)CN(c2ccc(Cl)c(Cl)c2)C3)c1. The molecule has 0 saturated carbocycles. The number of aromatic carboxylic acids is 1. The van der Waals surface area contributed by atoms with Crippen molar-refractivity contribution >= 4 is 46.2 Å². The number of hydrogen-bond acceptors (Lipinski definition) is 4. The Balaban J connectivity index is 1.56. The summed E-state index contributed by atoms with van der Waals surface area (Å²) in [6.45, 7) is 4.11. The van der Waals surface area contributed by atoms with Crippen LogP contribution in [0.5, 0.6) is 5.75 Å². The number of anilines is 3. The number of nitrogens with zero attached hydrogens (tertiary/aromatic N) is 1. The maximum atomic E-state index is 11.7. The monoisotopic (exact) mass is 456 g/mol. The van der Waals surface area contributed by atoms with Crippen molar-refractivity contribution in [2.75, 3.05) is 16.8 Å². The van der Waals surface area contributed by atoms with Crippen LogP contribution in [0.2, 0.25) is 10.0 Å². The molecule has 0 aliphatic carbocycles. The van der Waals surface area contributed by atoms with Gasteiger partial charge in [0.05, 0.1) is 27.9 Å². The minimum atomic E-state index is -0.989. The zero-order valence-electron chi connectivity index (χ0n) is 17.0. The lowest BCUT2D eigenvalue weighted by Crippen LogP contribution is -2.14. The molecular formula is C24H22Cl2N2O3. The van der Waals surface area contributed by atoms with Crippen LogP contribution in [0, 0.1) is 0 Å². The molecule has 0 spiro atoms. The van der Waals surface area contributed by atoms with Crippen LogP contribution in [0.15, 0.2) is 54.6 Å². The maximum Gasteiger partial charge on any atom is 0.337 e.